The fourth-order valence-electron chi connectivity index (χ4n) is 3.64. The maximum absolute atomic E-state index is 12.9. The highest BCUT2D eigenvalue weighted by Gasteiger charge is 2.47. The van der Waals surface area contributed by atoms with Gasteiger partial charge in [-0.2, -0.15) is 0 Å². The van der Waals surface area contributed by atoms with Gasteiger partial charge in [0.1, 0.15) is 5.78 Å². The number of fused-ring (bicyclic) bond motifs is 1. The van der Waals surface area contributed by atoms with E-state index in [2.05, 4.69) is 11.9 Å². The quantitative estimate of drug-likeness (QED) is 0.492. The Balaban J connectivity index is 1.89. The molecule has 0 saturated heterocycles. The summed E-state index contributed by atoms with van der Waals surface area (Å²) < 4.78 is 0. The van der Waals surface area contributed by atoms with Gasteiger partial charge in [-0.25, -0.2) is 0 Å². The molecule has 5 nitrogen and oxygen atoms in total. The summed E-state index contributed by atoms with van der Waals surface area (Å²) in [5.41, 5.74) is 7.90. The van der Waals surface area contributed by atoms with Crippen LogP contribution in [0.5, 0.6) is 0 Å². The van der Waals surface area contributed by atoms with Gasteiger partial charge < -0.3 is 11.1 Å². The Hall–Kier alpha value is -2.27. The van der Waals surface area contributed by atoms with Crippen LogP contribution in [0.15, 0.2) is 30.4 Å². The van der Waals surface area contributed by atoms with Gasteiger partial charge in [0.15, 0.2) is 11.6 Å². The fourth-order valence-corrected chi connectivity index (χ4v) is 3.64. The van der Waals surface area contributed by atoms with Gasteiger partial charge in [0.2, 0.25) is 0 Å². The van der Waals surface area contributed by atoms with Gasteiger partial charge in [-0.15, -0.1) is 0 Å². The summed E-state index contributed by atoms with van der Waals surface area (Å²) in [5.74, 6) is -1.86. The number of allylic oxidation sites excluding steroid dienone is 1. The van der Waals surface area contributed by atoms with Crippen molar-refractivity contribution in [2.45, 2.75) is 25.7 Å². The zero-order valence-electron chi connectivity index (χ0n) is 13.6. The lowest BCUT2D eigenvalue weighted by atomic mass is 9.75. The van der Waals surface area contributed by atoms with Gasteiger partial charge in [0.25, 0.3) is 0 Å². The summed E-state index contributed by atoms with van der Waals surface area (Å²) >= 11 is 0. The molecular formula is C19H22N2O3. The lowest BCUT2D eigenvalue weighted by molar-refractivity contribution is -0.124. The largest absolute Gasteiger partial charge is 0.384 e. The van der Waals surface area contributed by atoms with Crippen LogP contribution in [0.1, 0.15) is 46.4 Å². The van der Waals surface area contributed by atoms with E-state index in [0.717, 1.165) is 12.0 Å². The van der Waals surface area contributed by atoms with Gasteiger partial charge in [-0.3, -0.25) is 14.4 Å². The van der Waals surface area contributed by atoms with Crippen molar-refractivity contribution in [1.82, 2.24) is 0 Å². The van der Waals surface area contributed by atoms with Crippen molar-refractivity contribution < 1.29 is 14.4 Å². The van der Waals surface area contributed by atoms with E-state index in [0.29, 0.717) is 42.7 Å². The van der Waals surface area contributed by atoms with Gasteiger partial charge in [-0.05, 0) is 31.9 Å². The summed E-state index contributed by atoms with van der Waals surface area (Å²) in [4.78, 5) is 38.0. The molecule has 126 valence electrons. The van der Waals surface area contributed by atoms with Crippen LogP contribution in [0.2, 0.25) is 0 Å². The van der Waals surface area contributed by atoms with Crippen LogP contribution >= 0.6 is 0 Å². The Bertz CT molecular complexity index is 723. The normalized spacial score (nSPS) is 23.5. The second-order valence-electron chi connectivity index (χ2n) is 6.54. The topological polar surface area (TPSA) is 89.3 Å². The Morgan fingerprint density at radius 3 is 2.71 bits per heavy atom. The number of hydrogen-bond donors (Lipinski definition) is 2. The third-order valence-corrected chi connectivity index (χ3v) is 4.89. The maximum Gasteiger partial charge on any atom is 0.177 e. The van der Waals surface area contributed by atoms with Crippen molar-refractivity contribution >= 4 is 23.0 Å². The summed E-state index contributed by atoms with van der Waals surface area (Å²) in [6.07, 6.45) is 2.29. The van der Waals surface area contributed by atoms with Crippen molar-refractivity contribution in [1.29, 1.82) is 0 Å². The number of anilines is 1. The van der Waals surface area contributed by atoms with E-state index in [1.54, 1.807) is 18.2 Å². The molecule has 2 aliphatic carbocycles. The van der Waals surface area contributed by atoms with Crippen LogP contribution in [0.3, 0.4) is 0 Å². The minimum atomic E-state index is -0.863. The van der Waals surface area contributed by atoms with Gasteiger partial charge in [0, 0.05) is 30.1 Å². The maximum atomic E-state index is 12.9. The molecule has 1 aromatic carbocycles. The molecule has 2 atom stereocenters. The molecule has 0 heterocycles. The molecule has 1 aromatic rings. The molecule has 2 unspecified atom stereocenters. The predicted octanol–water partition coefficient (Wildman–Crippen LogP) is 2.37. The molecule has 0 bridgehead atoms. The SMILES string of the molecule is C=C1CCC(C2C(=O)c3cccc(NCCCN)c3C2=O)C(=O)C1. The van der Waals surface area contributed by atoms with Crippen molar-refractivity contribution in [3.05, 3.63) is 41.5 Å². The van der Waals surface area contributed by atoms with Crippen molar-refractivity contribution in [2.24, 2.45) is 17.6 Å². The second-order valence-corrected chi connectivity index (χ2v) is 6.54. The zero-order chi connectivity index (χ0) is 17.3. The van der Waals surface area contributed by atoms with E-state index >= 15 is 0 Å². The van der Waals surface area contributed by atoms with Crippen LogP contribution in [0, 0.1) is 11.8 Å². The number of nitrogens with one attached hydrogen (secondary N) is 1. The number of nitrogens with two attached hydrogens (primary N) is 1. The van der Waals surface area contributed by atoms with E-state index in [9.17, 15) is 14.4 Å². The van der Waals surface area contributed by atoms with Crippen molar-refractivity contribution in [3.8, 4) is 0 Å². The zero-order valence-corrected chi connectivity index (χ0v) is 13.6. The molecule has 0 amide bonds. The number of carbonyl (C=O) groups excluding carboxylic acids is 3. The molecule has 2 aliphatic rings. The molecule has 24 heavy (non-hydrogen) atoms. The highest BCUT2D eigenvalue weighted by molar-refractivity contribution is 6.29. The standard InChI is InChI=1S/C19H22N2O3/c1-11-6-7-12(15(22)10-11)17-18(23)13-4-2-5-14(16(13)19(17)24)21-9-3-8-20/h2,4-5,12,17,21H,1,3,6-10,20H2. The molecule has 1 fully saturated rings. The third-order valence-electron chi connectivity index (χ3n) is 4.89. The van der Waals surface area contributed by atoms with Gasteiger partial charge in [-0.1, -0.05) is 24.3 Å². The van der Waals surface area contributed by atoms with Crippen LogP contribution < -0.4 is 11.1 Å². The molecule has 3 N–H and O–H groups in total. The fraction of sp³-hybridized carbons (Fsp3) is 0.421. The van der Waals surface area contributed by atoms with E-state index in [1.807, 2.05) is 0 Å². The molecule has 3 rings (SSSR count). The van der Waals surface area contributed by atoms with Crippen LogP contribution in [0.4, 0.5) is 5.69 Å². The van der Waals surface area contributed by atoms with Crippen LogP contribution in [-0.4, -0.2) is 30.4 Å². The average molecular weight is 326 g/mol. The highest BCUT2D eigenvalue weighted by atomic mass is 16.2. The summed E-state index contributed by atoms with van der Waals surface area (Å²) in [6.45, 7) is 5.04. The summed E-state index contributed by atoms with van der Waals surface area (Å²) in [6, 6.07) is 5.24. The first-order valence-electron chi connectivity index (χ1n) is 8.39. The van der Waals surface area contributed by atoms with E-state index in [1.165, 1.54) is 0 Å². The van der Waals surface area contributed by atoms with Crippen LogP contribution in [-0.2, 0) is 4.79 Å². The average Bonchev–Trinajstić information content (AvgIpc) is 2.81. The minimum absolute atomic E-state index is 0.0385. The van der Waals surface area contributed by atoms with Gasteiger partial charge >= 0.3 is 0 Å². The Morgan fingerprint density at radius 1 is 1.21 bits per heavy atom. The minimum Gasteiger partial charge on any atom is -0.384 e. The molecule has 0 aliphatic heterocycles. The van der Waals surface area contributed by atoms with E-state index in [-0.39, 0.29) is 23.8 Å². The van der Waals surface area contributed by atoms with Crippen LogP contribution in [0.25, 0.3) is 0 Å². The highest BCUT2D eigenvalue weighted by Crippen LogP contribution is 2.40. The smallest absolute Gasteiger partial charge is 0.177 e. The molecule has 1 saturated carbocycles. The first-order valence-corrected chi connectivity index (χ1v) is 8.39. The number of benzene rings is 1. The number of Topliss-reactive ketones (excluding diaryl/α,β-unsaturated/α-hetero) is 3. The Morgan fingerprint density at radius 2 is 2.00 bits per heavy atom. The lowest BCUT2D eigenvalue weighted by Crippen LogP contribution is -2.34. The predicted molar refractivity (Wildman–Crippen MR) is 92.2 cm³/mol. The van der Waals surface area contributed by atoms with Gasteiger partial charge in [0.05, 0.1) is 11.5 Å². The molecular weight excluding hydrogens is 304 g/mol. The third kappa shape index (κ3) is 2.80. The summed E-state index contributed by atoms with van der Waals surface area (Å²) in [7, 11) is 0. The molecule has 0 radical (unpaired) electrons. The molecule has 0 spiro atoms. The number of hydrogen-bond acceptors (Lipinski definition) is 5. The Labute approximate surface area is 141 Å². The monoisotopic (exact) mass is 326 g/mol. The summed E-state index contributed by atoms with van der Waals surface area (Å²) in [5, 5.41) is 3.19. The molecule has 5 heteroatoms. The van der Waals surface area contributed by atoms with Crippen molar-refractivity contribution in [2.75, 3.05) is 18.4 Å². The Kier molecular flexibility index (Phi) is 4.62. The van der Waals surface area contributed by atoms with Crippen molar-refractivity contribution in [3.63, 3.8) is 0 Å². The lowest BCUT2D eigenvalue weighted by Gasteiger charge is -2.25. The number of carbonyl (C=O) groups is 3. The first kappa shape index (κ1) is 16.6. The first-order chi connectivity index (χ1) is 11.5. The second kappa shape index (κ2) is 6.69. The van der Waals surface area contributed by atoms with E-state index < -0.39 is 11.8 Å². The number of rotatable bonds is 5. The number of ketones is 3. The van der Waals surface area contributed by atoms with E-state index in [4.69, 9.17) is 5.73 Å². The molecule has 0 aromatic heterocycles.